The van der Waals surface area contributed by atoms with Crippen molar-refractivity contribution < 1.29 is 69.5 Å². The summed E-state index contributed by atoms with van der Waals surface area (Å²) in [5.41, 5.74) is -0.0289. The molecule has 1 saturated heterocycles. The Morgan fingerprint density at radius 3 is 1.84 bits per heavy atom. The molecule has 10 nitrogen and oxygen atoms in total. The Morgan fingerprint density at radius 1 is 0.778 bits per heavy atom. The molecular weight excluding hydrogens is 615 g/mol. The first kappa shape index (κ1) is 35.3. The van der Waals surface area contributed by atoms with Gasteiger partial charge in [0.25, 0.3) is 6.29 Å². The van der Waals surface area contributed by atoms with Crippen LogP contribution in [0.2, 0.25) is 0 Å². The van der Waals surface area contributed by atoms with Crippen molar-refractivity contribution in [2.75, 3.05) is 19.8 Å². The van der Waals surface area contributed by atoms with Gasteiger partial charge in [-0.2, -0.15) is 22.0 Å². The molecule has 2 aromatic rings. The van der Waals surface area contributed by atoms with Gasteiger partial charge in [0.1, 0.15) is 6.10 Å². The largest absolute Gasteiger partial charge is 0.510 e. The molecule has 1 fully saturated rings. The van der Waals surface area contributed by atoms with Crippen LogP contribution < -0.4 is 0 Å². The maximum Gasteiger partial charge on any atom is 0.510 e. The van der Waals surface area contributed by atoms with E-state index in [0.717, 1.165) is 17.7 Å². The van der Waals surface area contributed by atoms with Crippen molar-refractivity contribution in [3.05, 3.63) is 70.3 Å². The third kappa shape index (κ3) is 8.96. The molecule has 0 N–H and O–H groups in total. The normalized spacial score (nSPS) is 20.9. The zero-order valence-corrected chi connectivity index (χ0v) is 24.9. The van der Waals surface area contributed by atoms with Crippen LogP contribution >= 0.6 is 0 Å². The van der Waals surface area contributed by atoms with Gasteiger partial charge in [0.05, 0.1) is 25.4 Å². The Morgan fingerprint density at radius 2 is 1.31 bits per heavy atom. The van der Waals surface area contributed by atoms with E-state index in [9.17, 15) is 27.6 Å². The van der Waals surface area contributed by atoms with Crippen LogP contribution in [0.3, 0.4) is 0 Å². The van der Waals surface area contributed by atoms with Crippen LogP contribution in [0.4, 0.5) is 36.3 Å². The third-order valence-corrected chi connectivity index (χ3v) is 6.59. The Bertz CT molecular complexity index is 1320. The van der Waals surface area contributed by atoms with Crippen molar-refractivity contribution in [2.24, 2.45) is 0 Å². The van der Waals surface area contributed by atoms with E-state index in [2.05, 4.69) is 14.2 Å². The van der Waals surface area contributed by atoms with Crippen molar-refractivity contribution in [2.45, 2.75) is 77.2 Å². The first-order valence-electron chi connectivity index (χ1n) is 14.1. The van der Waals surface area contributed by atoms with Gasteiger partial charge in [0, 0.05) is 0 Å². The number of ether oxygens (including phenoxy) is 7. The quantitative estimate of drug-likeness (QED) is 0.149. The molecule has 0 amide bonds. The topological polar surface area (TPSA) is 116 Å². The average Bonchev–Trinajstić information content (AvgIpc) is 2.96. The van der Waals surface area contributed by atoms with E-state index in [4.69, 9.17) is 18.9 Å². The second-order valence-corrected chi connectivity index (χ2v) is 9.61. The minimum absolute atomic E-state index is 0.206. The molecule has 2 aromatic carbocycles. The van der Waals surface area contributed by atoms with Crippen molar-refractivity contribution in [1.82, 2.24) is 0 Å². The number of hydrogen-bond donors (Lipinski definition) is 0. The number of alkyl halides is 5. The highest BCUT2D eigenvalue weighted by molar-refractivity contribution is 5.62. The van der Waals surface area contributed by atoms with Gasteiger partial charge < -0.3 is 33.2 Å². The first-order valence-corrected chi connectivity index (χ1v) is 14.1. The molecule has 0 bridgehead atoms. The lowest BCUT2D eigenvalue weighted by Gasteiger charge is -2.44. The first-order chi connectivity index (χ1) is 21.2. The maximum absolute atomic E-state index is 15.8. The van der Waals surface area contributed by atoms with E-state index in [1.165, 1.54) is 20.8 Å². The molecule has 0 saturated carbocycles. The van der Waals surface area contributed by atoms with E-state index >= 15 is 8.78 Å². The number of benzene rings is 2. The zero-order chi connectivity index (χ0) is 33.4. The molecule has 3 rings (SSSR count). The van der Waals surface area contributed by atoms with Crippen molar-refractivity contribution >= 4 is 18.5 Å². The van der Waals surface area contributed by atoms with Crippen LogP contribution in [-0.4, -0.2) is 62.7 Å². The number of carbonyl (C=O) groups is 3. The predicted molar refractivity (Wildman–Crippen MR) is 145 cm³/mol. The Balaban J connectivity index is 2.17. The highest BCUT2D eigenvalue weighted by Gasteiger charge is 2.65. The molecule has 1 heterocycles. The average molecular weight is 649 g/mol. The summed E-state index contributed by atoms with van der Waals surface area (Å²) in [7, 11) is 0. The van der Waals surface area contributed by atoms with Gasteiger partial charge >= 0.3 is 30.6 Å². The Kier molecular flexibility index (Phi) is 12.0. The van der Waals surface area contributed by atoms with E-state index < -0.39 is 60.7 Å². The van der Waals surface area contributed by atoms with Crippen LogP contribution in [-0.2, 0) is 52.2 Å². The number of hydrogen-bond acceptors (Lipinski definition) is 10. The van der Waals surface area contributed by atoms with Gasteiger partial charge in [-0.15, -0.1) is 0 Å². The zero-order valence-electron chi connectivity index (χ0n) is 24.9. The summed E-state index contributed by atoms with van der Waals surface area (Å²) in [6, 6.07) is 9.50. The highest BCUT2D eigenvalue weighted by atomic mass is 19.4. The molecular formula is C30H33F5O10. The lowest BCUT2D eigenvalue weighted by atomic mass is 9.89. The molecule has 15 heteroatoms. The van der Waals surface area contributed by atoms with Crippen LogP contribution in [0, 0.1) is 0 Å². The molecule has 0 aromatic heterocycles. The summed E-state index contributed by atoms with van der Waals surface area (Å²) in [5.74, 6) is -4.40. The van der Waals surface area contributed by atoms with Crippen molar-refractivity contribution in [1.29, 1.82) is 0 Å². The summed E-state index contributed by atoms with van der Waals surface area (Å²) in [6.07, 6.45) is -18.6. The van der Waals surface area contributed by atoms with Gasteiger partial charge in [-0.05, 0) is 61.9 Å². The van der Waals surface area contributed by atoms with Crippen LogP contribution in [0.25, 0.3) is 0 Å². The van der Waals surface area contributed by atoms with Crippen LogP contribution in [0.1, 0.15) is 61.6 Å². The molecule has 1 aliphatic rings. The fraction of sp³-hybridized carbons (Fsp3) is 0.500. The summed E-state index contributed by atoms with van der Waals surface area (Å²) < 4.78 is 108. The minimum atomic E-state index is -4.80. The van der Waals surface area contributed by atoms with Gasteiger partial charge in [0.2, 0.25) is 6.10 Å². The van der Waals surface area contributed by atoms with E-state index in [-0.39, 0.29) is 37.4 Å². The Labute approximate surface area is 255 Å². The summed E-state index contributed by atoms with van der Waals surface area (Å²) >= 11 is 0. The molecule has 0 spiro atoms. The van der Waals surface area contributed by atoms with Gasteiger partial charge in [-0.3, -0.25) is 0 Å². The van der Waals surface area contributed by atoms with E-state index in [1.54, 1.807) is 24.3 Å². The van der Waals surface area contributed by atoms with E-state index in [1.807, 2.05) is 6.92 Å². The van der Waals surface area contributed by atoms with Gasteiger partial charge in [0.15, 0.2) is 6.10 Å². The molecule has 0 aliphatic carbocycles. The van der Waals surface area contributed by atoms with Crippen molar-refractivity contribution in [3.63, 3.8) is 0 Å². The fourth-order valence-electron chi connectivity index (χ4n) is 4.54. The number of rotatable bonds is 10. The summed E-state index contributed by atoms with van der Waals surface area (Å²) in [4.78, 5) is 36.7. The summed E-state index contributed by atoms with van der Waals surface area (Å²) in [6.45, 7) is 5.26. The maximum atomic E-state index is 15.8. The molecule has 0 radical (unpaired) electrons. The number of carbonyl (C=O) groups excluding carboxylic acids is 3. The summed E-state index contributed by atoms with van der Waals surface area (Å²) in [5, 5.41) is 0. The van der Waals surface area contributed by atoms with Gasteiger partial charge in [-0.25, -0.2) is 14.4 Å². The molecule has 248 valence electrons. The fourth-order valence-corrected chi connectivity index (χ4v) is 4.54. The lowest BCUT2D eigenvalue weighted by molar-refractivity contribution is -0.346. The highest BCUT2D eigenvalue weighted by Crippen LogP contribution is 2.45. The Hall–Kier alpha value is -4.14. The molecule has 1 aliphatic heterocycles. The van der Waals surface area contributed by atoms with E-state index in [0.29, 0.717) is 18.1 Å². The van der Waals surface area contributed by atoms with Crippen LogP contribution in [0.5, 0.6) is 0 Å². The second kappa shape index (κ2) is 15.2. The molecule has 45 heavy (non-hydrogen) atoms. The van der Waals surface area contributed by atoms with Crippen molar-refractivity contribution in [3.8, 4) is 0 Å². The predicted octanol–water partition coefficient (Wildman–Crippen LogP) is 7.15. The SMILES string of the molecule is CCOC(=O)O[C@@H]1[C@@H](OC(=O)OCC)C(F)(F)[C@@H](OC(=O)OCC)O[C@H]1c1ccc(C(F)(F)F)c(Cc2ccc(CC)cc2)c1. The lowest BCUT2D eigenvalue weighted by Crippen LogP contribution is -2.62. The minimum Gasteiger partial charge on any atom is -0.435 e. The second-order valence-electron chi connectivity index (χ2n) is 9.61. The standard InChI is InChI=1S/C30H33F5O10/c1-5-17-9-11-18(12-10-17)15-20-16-19(13-14-21(20)30(33,34)35)22-23(43-26(36)39-6-2)24(44-27(37)40-7-3)29(31,32)25(42-22)45-28(38)41-8-4/h9-14,16,22-25H,5-8,15H2,1-4H3/t22-,23-,24+,25+/m0/s1. The van der Waals surface area contributed by atoms with Gasteiger partial charge in [-0.1, -0.05) is 43.3 Å². The molecule has 4 atom stereocenters. The van der Waals surface area contributed by atoms with Crippen LogP contribution in [0.15, 0.2) is 42.5 Å². The molecule has 0 unspecified atom stereocenters. The smallest absolute Gasteiger partial charge is 0.435 e. The monoisotopic (exact) mass is 648 g/mol. The number of aryl methyl sites for hydroxylation is 1. The number of halogens is 5. The third-order valence-electron chi connectivity index (χ3n) is 6.59.